The Morgan fingerprint density at radius 3 is 2.82 bits per heavy atom. The lowest BCUT2D eigenvalue weighted by Gasteiger charge is -2.24. The fraction of sp³-hybridized carbons (Fsp3) is 0.565. The van der Waals surface area contributed by atoms with Crippen molar-refractivity contribution in [3.8, 4) is 5.75 Å². The van der Waals surface area contributed by atoms with Crippen molar-refractivity contribution in [2.75, 3.05) is 57.1 Å². The summed E-state index contributed by atoms with van der Waals surface area (Å²) in [4.78, 5) is 18.0. The van der Waals surface area contributed by atoms with Crippen LogP contribution in [0.3, 0.4) is 0 Å². The smallest absolute Gasteiger partial charge is 0.271 e. The second-order valence-electron chi connectivity index (χ2n) is 8.30. The molecule has 1 amide bonds. The molecule has 1 saturated heterocycles. The Labute approximate surface area is 203 Å². The number of rotatable bonds is 10. The molecule has 0 spiro atoms. The summed E-state index contributed by atoms with van der Waals surface area (Å²) in [6, 6.07) is 4.49. The minimum absolute atomic E-state index is 0.138. The van der Waals surface area contributed by atoms with Crippen LogP contribution in [-0.2, 0) is 17.7 Å². The van der Waals surface area contributed by atoms with Gasteiger partial charge in [-0.05, 0) is 59.9 Å². The quantitative estimate of drug-likeness (QED) is 0.357. The number of benzene rings is 1. The molecule has 2 aliphatic heterocycles. The van der Waals surface area contributed by atoms with Gasteiger partial charge in [-0.25, -0.2) is 0 Å². The summed E-state index contributed by atoms with van der Waals surface area (Å²) in [6.07, 6.45) is 2.71. The molecule has 2 aromatic rings. The molecule has 9 nitrogen and oxygen atoms in total. The second-order valence-corrected chi connectivity index (χ2v) is 9.16. The monoisotopic (exact) mass is 520 g/mol. The third-order valence-electron chi connectivity index (χ3n) is 5.88. The van der Waals surface area contributed by atoms with Crippen molar-refractivity contribution in [2.24, 2.45) is 0 Å². The maximum atomic E-state index is 13.2. The molecule has 0 radical (unpaired) electrons. The predicted molar refractivity (Wildman–Crippen MR) is 133 cm³/mol. The van der Waals surface area contributed by atoms with Crippen LogP contribution >= 0.6 is 15.9 Å². The number of hydrogen-bond donors (Lipinski definition) is 4. The molecule has 33 heavy (non-hydrogen) atoms. The molecule has 10 heteroatoms. The number of halogens is 1. The number of nitrogens with zero attached hydrogens (tertiary/aromatic N) is 2. The van der Waals surface area contributed by atoms with Crippen LogP contribution in [0.1, 0.15) is 41.4 Å². The van der Waals surface area contributed by atoms with E-state index in [1.807, 2.05) is 18.5 Å². The van der Waals surface area contributed by atoms with E-state index in [0.29, 0.717) is 43.7 Å². The van der Waals surface area contributed by atoms with Gasteiger partial charge in [-0.2, -0.15) is 4.98 Å². The van der Waals surface area contributed by atoms with Crippen LogP contribution in [0.25, 0.3) is 0 Å². The summed E-state index contributed by atoms with van der Waals surface area (Å²) in [7, 11) is 1.90. The Morgan fingerprint density at radius 1 is 1.24 bits per heavy atom. The molecular formula is C23H33BrN6O3. The molecule has 1 aromatic carbocycles. The van der Waals surface area contributed by atoms with Gasteiger partial charge in [0.2, 0.25) is 5.95 Å². The number of imidazole rings is 1. The lowest BCUT2D eigenvalue weighted by molar-refractivity contribution is 0.0901. The number of ether oxygens (including phenoxy) is 2. The van der Waals surface area contributed by atoms with Crippen LogP contribution in [0, 0.1) is 0 Å². The molecule has 0 aliphatic carbocycles. The summed E-state index contributed by atoms with van der Waals surface area (Å²) < 4.78 is 14.2. The second kappa shape index (κ2) is 11.2. The Kier molecular flexibility index (Phi) is 8.11. The minimum atomic E-state index is -0.138. The number of fused-ring (bicyclic) bond motifs is 1. The molecule has 0 saturated carbocycles. The van der Waals surface area contributed by atoms with Crippen molar-refractivity contribution in [1.82, 2.24) is 20.2 Å². The fourth-order valence-electron chi connectivity index (χ4n) is 4.24. The molecule has 0 bridgehead atoms. The van der Waals surface area contributed by atoms with Crippen molar-refractivity contribution in [2.45, 2.75) is 38.8 Å². The summed E-state index contributed by atoms with van der Waals surface area (Å²) in [5.74, 6) is 2.07. The van der Waals surface area contributed by atoms with Gasteiger partial charge in [-0.1, -0.05) is 6.07 Å². The Balaban J connectivity index is 1.71. The van der Waals surface area contributed by atoms with Gasteiger partial charge in [0, 0.05) is 45.3 Å². The van der Waals surface area contributed by atoms with E-state index in [0.717, 1.165) is 54.8 Å². The minimum Gasteiger partial charge on any atom is -0.492 e. The maximum absolute atomic E-state index is 13.2. The molecule has 0 unspecified atom stereocenters. The summed E-state index contributed by atoms with van der Waals surface area (Å²) in [5.41, 5.74) is 2.81. The molecule has 2 aliphatic rings. The lowest BCUT2D eigenvalue weighted by atomic mass is 10.1. The van der Waals surface area contributed by atoms with Crippen LogP contribution in [0.4, 0.5) is 11.8 Å². The molecule has 4 rings (SSSR count). The first-order chi connectivity index (χ1) is 16.1. The topological polar surface area (TPSA) is 101 Å². The number of likely N-dealkylation sites (N-methyl/N-ethyl adjacent to an activating group) is 1. The van der Waals surface area contributed by atoms with Crippen molar-refractivity contribution in [3.05, 3.63) is 33.4 Å². The van der Waals surface area contributed by atoms with Gasteiger partial charge in [-0.15, -0.1) is 0 Å². The molecule has 0 atom stereocenters. The predicted octanol–water partition coefficient (Wildman–Crippen LogP) is 2.60. The zero-order valence-corrected chi connectivity index (χ0v) is 20.9. The summed E-state index contributed by atoms with van der Waals surface area (Å²) in [5, 5.41) is 13.0. The number of carbonyl (C=O) groups is 1. The number of carbonyl (C=O) groups excluding carboxylic acids is 1. The number of anilines is 2. The van der Waals surface area contributed by atoms with E-state index in [2.05, 4.69) is 49.3 Å². The summed E-state index contributed by atoms with van der Waals surface area (Å²) in [6.45, 7) is 6.57. The molecular weight excluding hydrogens is 488 g/mol. The standard InChI is InChI=1S/C23H33BrN6O3/c1-3-26-22(31)19-21(27-8-7-25-2)29-23(28-17-5-9-32-10-6-17)30(19)14-15-12-16-4-11-33-20(16)18(24)13-15/h12-13,17,25,27H,3-11,14H2,1-2H3,(H,26,31)(H,28,29). The zero-order chi connectivity index (χ0) is 23.2. The van der Waals surface area contributed by atoms with E-state index < -0.39 is 0 Å². The fourth-order valence-corrected chi connectivity index (χ4v) is 4.91. The lowest BCUT2D eigenvalue weighted by Crippen LogP contribution is -2.30. The molecule has 1 aromatic heterocycles. The van der Waals surface area contributed by atoms with Gasteiger partial charge in [0.05, 0.1) is 17.6 Å². The molecule has 4 N–H and O–H groups in total. The van der Waals surface area contributed by atoms with Gasteiger partial charge >= 0.3 is 0 Å². The summed E-state index contributed by atoms with van der Waals surface area (Å²) >= 11 is 3.65. The van der Waals surface area contributed by atoms with Crippen molar-refractivity contribution < 1.29 is 14.3 Å². The van der Waals surface area contributed by atoms with E-state index >= 15 is 0 Å². The Morgan fingerprint density at radius 2 is 2.06 bits per heavy atom. The first-order valence-electron chi connectivity index (χ1n) is 11.7. The zero-order valence-electron chi connectivity index (χ0n) is 19.3. The average molecular weight is 521 g/mol. The van der Waals surface area contributed by atoms with Crippen LogP contribution in [0.5, 0.6) is 5.75 Å². The van der Waals surface area contributed by atoms with E-state index in [1.54, 1.807) is 0 Å². The van der Waals surface area contributed by atoms with Crippen molar-refractivity contribution in [1.29, 1.82) is 0 Å². The highest BCUT2D eigenvalue weighted by atomic mass is 79.9. The van der Waals surface area contributed by atoms with E-state index in [9.17, 15) is 4.79 Å². The molecule has 3 heterocycles. The van der Waals surface area contributed by atoms with Crippen LogP contribution in [0.2, 0.25) is 0 Å². The third kappa shape index (κ3) is 5.62. The number of amides is 1. The van der Waals surface area contributed by atoms with E-state index in [-0.39, 0.29) is 11.9 Å². The maximum Gasteiger partial charge on any atom is 0.271 e. The first kappa shape index (κ1) is 23.8. The van der Waals surface area contributed by atoms with Crippen LogP contribution < -0.4 is 26.0 Å². The average Bonchev–Trinajstić information content (AvgIpc) is 3.40. The van der Waals surface area contributed by atoms with Gasteiger partial charge in [-0.3, -0.25) is 9.36 Å². The first-order valence-corrected chi connectivity index (χ1v) is 12.5. The number of aromatic nitrogens is 2. The molecule has 1 fully saturated rings. The van der Waals surface area contributed by atoms with Gasteiger partial charge < -0.3 is 30.7 Å². The SMILES string of the molecule is CCNC(=O)c1c(NCCNC)nc(NC2CCOCC2)n1Cc1cc(Br)c2c(c1)CCO2. The third-order valence-corrected chi connectivity index (χ3v) is 6.47. The number of hydrogen-bond acceptors (Lipinski definition) is 7. The van der Waals surface area contributed by atoms with Crippen LogP contribution in [0.15, 0.2) is 16.6 Å². The highest BCUT2D eigenvalue weighted by Gasteiger charge is 2.26. The van der Waals surface area contributed by atoms with Crippen molar-refractivity contribution >= 4 is 33.6 Å². The van der Waals surface area contributed by atoms with Gasteiger partial charge in [0.25, 0.3) is 5.91 Å². The normalized spacial score (nSPS) is 15.7. The van der Waals surface area contributed by atoms with Gasteiger partial charge in [0.1, 0.15) is 5.75 Å². The largest absolute Gasteiger partial charge is 0.492 e. The van der Waals surface area contributed by atoms with Crippen molar-refractivity contribution in [3.63, 3.8) is 0 Å². The van der Waals surface area contributed by atoms with E-state index in [1.165, 1.54) is 5.56 Å². The highest BCUT2D eigenvalue weighted by Crippen LogP contribution is 2.35. The van der Waals surface area contributed by atoms with Gasteiger partial charge in [0.15, 0.2) is 11.5 Å². The molecule has 180 valence electrons. The highest BCUT2D eigenvalue weighted by molar-refractivity contribution is 9.10. The number of nitrogens with one attached hydrogen (secondary N) is 4. The van der Waals surface area contributed by atoms with Crippen LogP contribution in [-0.4, -0.2) is 68.0 Å². The van der Waals surface area contributed by atoms with E-state index in [4.69, 9.17) is 14.5 Å². The Hall–Kier alpha value is -2.30. The Bertz CT molecular complexity index is 974.